The van der Waals surface area contributed by atoms with Crippen LogP contribution in [0.4, 0.5) is 24.7 Å². The molecular weight excluding hydrogens is 243 g/mol. The molecule has 1 aromatic carbocycles. The van der Waals surface area contributed by atoms with Crippen LogP contribution in [0.25, 0.3) is 0 Å². The van der Waals surface area contributed by atoms with E-state index in [1.807, 2.05) is 0 Å². The predicted molar refractivity (Wildman–Crippen MR) is 61.5 cm³/mol. The summed E-state index contributed by atoms with van der Waals surface area (Å²) in [6, 6.07) is 6.84. The molecule has 6 heteroatoms. The Morgan fingerprint density at radius 3 is 2.50 bits per heavy atom. The highest BCUT2D eigenvalue weighted by atomic mass is 19.4. The van der Waals surface area contributed by atoms with Gasteiger partial charge in [0, 0.05) is 11.8 Å². The molecule has 0 bridgehead atoms. The van der Waals surface area contributed by atoms with E-state index in [1.165, 1.54) is 24.5 Å². The number of nitrogens with one attached hydrogen (secondary N) is 1. The number of rotatable bonds is 2. The smallest absolute Gasteiger partial charge is 0.340 e. The SMILES string of the molecule is Cc1cc(Nc2ccccc2C(F)(F)F)ncn1. The number of halogens is 3. The number of aromatic nitrogens is 2. The summed E-state index contributed by atoms with van der Waals surface area (Å²) in [5.74, 6) is 0.333. The third kappa shape index (κ3) is 2.77. The van der Waals surface area contributed by atoms with Crippen molar-refractivity contribution in [2.24, 2.45) is 0 Å². The average Bonchev–Trinajstić information content (AvgIpc) is 2.28. The molecule has 1 aromatic heterocycles. The number of hydrogen-bond donors (Lipinski definition) is 1. The Bertz CT molecular complexity index is 552. The van der Waals surface area contributed by atoms with Crippen LogP contribution in [-0.4, -0.2) is 9.97 Å². The highest BCUT2D eigenvalue weighted by Gasteiger charge is 2.33. The Labute approximate surface area is 102 Å². The predicted octanol–water partition coefficient (Wildman–Crippen LogP) is 3.55. The van der Waals surface area contributed by atoms with Gasteiger partial charge in [-0.1, -0.05) is 12.1 Å². The number of benzene rings is 1. The Balaban J connectivity index is 2.35. The van der Waals surface area contributed by atoms with E-state index in [-0.39, 0.29) is 5.69 Å². The molecule has 18 heavy (non-hydrogen) atoms. The first-order valence-electron chi connectivity index (χ1n) is 5.19. The van der Waals surface area contributed by atoms with Crippen molar-refractivity contribution < 1.29 is 13.2 Å². The van der Waals surface area contributed by atoms with Gasteiger partial charge in [0.1, 0.15) is 12.1 Å². The Kier molecular flexibility index (Phi) is 3.18. The van der Waals surface area contributed by atoms with E-state index in [4.69, 9.17) is 0 Å². The average molecular weight is 253 g/mol. The lowest BCUT2D eigenvalue weighted by molar-refractivity contribution is -0.136. The molecule has 0 atom stereocenters. The van der Waals surface area contributed by atoms with Gasteiger partial charge in [-0.05, 0) is 19.1 Å². The Hall–Kier alpha value is -2.11. The van der Waals surface area contributed by atoms with Gasteiger partial charge >= 0.3 is 6.18 Å². The number of alkyl halides is 3. The molecule has 0 radical (unpaired) electrons. The lowest BCUT2D eigenvalue weighted by Crippen LogP contribution is -2.09. The molecule has 0 aliphatic rings. The fourth-order valence-electron chi connectivity index (χ4n) is 1.50. The van der Waals surface area contributed by atoms with E-state index in [0.717, 1.165) is 6.07 Å². The monoisotopic (exact) mass is 253 g/mol. The first-order chi connectivity index (χ1) is 8.47. The van der Waals surface area contributed by atoms with Crippen LogP contribution in [0.15, 0.2) is 36.7 Å². The minimum absolute atomic E-state index is 0.0249. The lowest BCUT2D eigenvalue weighted by atomic mass is 10.1. The highest BCUT2D eigenvalue weighted by Crippen LogP contribution is 2.35. The van der Waals surface area contributed by atoms with Crippen LogP contribution in [0.2, 0.25) is 0 Å². The van der Waals surface area contributed by atoms with E-state index in [1.54, 1.807) is 13.0 Å². The second kappa shape index (κ2) is 4.64. The molecule has 0 amide bonds. The van der Waals surface area contributed by atoms with Crippen LogP contribution in [0.5, 0.6) is 0 Å². The number of anilines is 2. The van der Waals surface area contributed by atoms with Crippen LogP contribution >= 0.6 is 0 Å². The zero-order valence-electron chi connectivity index (χ0n) is 9.49. The maximum Gasteiger partial charge on any atom is 0.418 e. The van der Waals surface area contributed by atoms with Gasteiger partial charge in [-0.25, -0.2) is 9.97 Å². The van der Waals surface area contributed by atoms with Gasteiger partial charge in [0.15, 0.2) is 0 Å². The summed E-state index contributed by atoms with van der Waals surface area (Å²) >= 11 is 0. The van der Waals surface area contributed by atoms with Crippen molar-refractivity contribution in [1.29, 1.82) is 0 Å². The van der Waals surface area contributed by atoms with Crippen LogP contribution < -0.4 is 5.32 Å². The molecule has 2 aromatic rings. The standard InChI is InChI=1S/C12H10F3N3/c1-8-6-11(17-7-16-8)18-10-5-3-2-4-9(10)12(13,14)15/h2-7H,1H3,(H,16,17,18). The van der Waals surface area contributed by atoms with Gasteiger partial charge in [0.05, 0.1) is 11.3 Å². The molecule has 3 nitrogen and oxygen atoms in total. The largest absolute Gasteiger partial charge is 0.418 e. The molecule has 0 aliphatic carbocycles. The maximum atomic E-state index is 12.8. The topological polar surface area (TPSA) is 37.8 Å². The Morgan fingerprint density at radius 2 is 1.83 bits per heavy atom. The van der Waals surface area contributed by atoms with E-state index >= 15 is 0 Å². The minimum atomic E-state index is -4.40. The number of para-hydroxylation sites is 1. The van der Waals surface area contributed by atoms with Gasteiger partial charge in [-0.15, -0.1) is 0 Å². The summed E-state index contributed by atoms with van der Waals surface area (Å²) in [6.45, 7) is 1.74. The molecule has 0 unspecified atom stereocenters. The van der Waals surface area contributed by atoms with Crippen molar-refractivity contribution in [1.82, 2.24) is 9.97 Å². The van der Waals surface area contributed by atoms with Crippen LogP contribution in [-0.2, 0) is 6.18 Å². The number of nitrogens with zero attached hydrogens (tertiary/aromatic N) is 2. The van der Waals surface area contributed by atoms with E-state index in [9.17, 15) is 13.2 Å². The van der Waals surface area contributed by atoms with Crippen LogP contribution in [0.3, 0.4) is 0 Å². The third-order valence-corrected chi connectivity index (χ3v) is 2.30. The van der Waals surface area contributed by atoms with Gasteiger partial charge in [-0.3, -0.25) is 0 Å². The van der Waals surface area contributed by atoms with Crippen molar-refractivity contribution in [3.63, 3.8) is 0 Å². The normalized spacial score (nSPS) is 11.3. The maximum absolute atomic E-state index is 12.8. The quantitative estimate of drug-likeness (QED) is 0.889. The minimum Gasteiger partial charge on any atom is -0.340 e. The fraction of sp³-hybridized carbons (Fsp3) is 0.167. The first-order valence-corrected chi connectivity index (χ1v) is 5.19. The summed E-state index contributed by atoms with van der Waals surface area (Å²) in [5, 5.41) is 2.65. The van der Waals surface area contributed by atoms with Crippen molar-refractivity contribution >= 4 is 11.5 Å². The van der Waals surface area contributed by atoms with Crippen molar-refractivity contribution in [3.05, 3.63) is 47.9 Å². The zero-order chi connectivity index (χ0) is 13.2. The zero-order valence-corrected chi connectivity index (χ0v) is 9.49. The van der Waals surface area contributed by atoms with Gasteiger partial charge in [0.25, 0.3) is 0 Å². The van der Waals surface area contributed by atoms with Gasteiger partial charge in [-0.2, -0.15) is 13.2 Å². The molecular formula is C12H10F3N3. The van der Waals surface area contributed by atoms with Crippen LogP contribution in [0.1, 0.15) is 11.3 Å². The Morgan fingerprint density at radius 1 is 1.11 bits per heavy atom. The summed E-state index contributed by atoms with van der Waals surface area (Å²) in [4.78, 5) is 7.75. The van der Waals surface area contributed by atoms with Gasteiger partial charge < -0.3 is 5.32 Å². The summed E-state index contributed by atoms with van der Waals surface area (Å²) in [6.07, 6.45) is -3.10. The van der Waals surface area contributed by atoms with Crippen molar-refractivity contribution in [3.8, 4) is 0 Å². The number of hydrogen-bond acceptors (Lipinski definition) is 3. The molecule has 0 spiro atoms. The first kappa shape index (κ1) is 12.3. The van der Waals surface area contributed by atoms with Crippen molar-refractivity contribution in [2.45, 2.75) is 13.1 Å². The molecule has 0 saturated carbocycles. The number of aryl methyl sites for hydroxylation is 1. The summed E-state index contributed by atoms with van der Waals surface area (Å²) < 4.78 is 38.3. The lowest BCUT2D eigenvalue weighted by Gasteiger charge is -2.13. The van der Waals surface area contributed by atoms with E-state index in [2.05, 4.69) is 15.3 Å². The molecule has 0 fully saturated rings. The summed E-state index contributed by atoms with van der Waals surface area (Å²) in [5.41, 5.74) is -0.0682. The van der Waals surface area contributed by atoms with Gasteiger partial charge in [0.2, 0.25) is 0 Å². The van der Waals surface area contributed by atoms with Crippen molar-refractivity contribution in [2.75, 3.05) is 5.32 Å². The molecule has 0 saturated heterocycles. The summed E-state index contributed by atoms with van der Waals surface area (Å²) in [7, 11) is 0. The second-order valence-electron chi connectivity index (χ2n) is 3.71. The molecule has 1 N–H and O–H groups in total. The van der Waals surface area contributed by atoms with E-state index in [0.29, 0.717) is 11.5 Å². The fourth-order valence-corrected chi connectivity index (χ4v) is 1.50. The molecule has 1 heterocycles. The second-order valence-corrected chi connectivity index (χ2v) is 3.71. The molecule has 2 rings (SSSR count). The van der Waals surface area contributed by atoms with Crippen LogP contribution in [0, 0.1) is 6.92 Å². The van der Waals surface area contributed by atoms with E-state index < -0.39 is 11.7 Å². The third-order valence-electron chi connectivity index (χ3n) is 2.30. The highest BCUT2D eigenvalue weighted by molar-refractivity contribution is 5.61. The molecule has 94 valence electrons. The molecule has 0 aliphatic heterocycles.